The number of aromatic nitrogens is 2. The molecule has 3 aromatic rings. The number of rotatable bonds is 7. The van der Waals surface area contributed by atoms with Gasteiger partial charge >= 0.3 is 0 Å². The van der Waals surface area contributed by atoms with Crippen molar-refractivity contribution in [2.45, 2.75) is 18.0 Å². The van der Waals surface area contributed by atoms with E-state index in [-0.39, 0.29) is 0 Å². The van der Waals surface area contributed by atoms with Gasteiger partial charge in [-0.3, -0.25) is 4.90 Å². The molecule has 0 bridgehead atoms. The van der Waals surface area contributed by atoms with Crippen molar-refractivity contribution in [2.24, 2.45) is 0 Å². The van der Waals surface area contributed by atoms with Gasteiger partial charge in [-0.05, 0) is 55.3 Å². The van der Waals surface area contributed by atoms with Crippen LogP contribution in [-0.2, 0) is 13.1 Å². The summed E-state index contributed by atoms with van der Waals surface area (Å²) in [5.74, 6) is 1.93. The molecule has 0 aliphatic rings. The smallest absolute Gasteiger partial charge is 0.247 e. The summed E-state index contributed by atoms with van der Waals surface area (Å²) < 4.78 is 10.9. The van der Waals surface area contributed by atoms with Crippen molar-refractivity contribution in [1.29, 1.82) is 0 Å². The Kier molecular flexibility index (Phi) is 5.73. The first-order valence-corrected chi connectivity index (χ1v) is 9.18. The van der Waals surface area contributed by atoms with E-state index < -0.39 is 0 Å². The summed E-state index contributed by atoms with van der Waals surface area (Å²) in [6.45, 7) is 1.43. The van der Waals surface area contributed by atoms with Crippen LogP contribution in [0.1, 0.15) is 11.5 Å². The molecule has 1 heterocycles. The Morgan fingerprint density at radius 1 is 1.00 bits per heavy atom. The molecule has 0 N–H and O–H groups in total. The standard InChI is InChI=1S/C19H21N3O2S/c1-22(12-14-4-10-17(25-3)11-5-14)13-18-20-21-19(24-18)15-6-8-16(23-2)9-7-15/h4-11H,12-13H2,1-3H3. The van der Waals surface area contributed by atoms with E-state index in [0.29, 0.717) is 18.3 Å². The average Bonchev–Trinajstić information content (AvgIpc) is 3.10. The molecule has 130 valence electrons. The number of hydrogen-bond donors (Lipinski definition) is 0. The molecule has 0 aliphatic carbocycles. The Balaban J connectivity index is 1.61. The number of hydrogen-bond acceptors (Lipinski definition) is 6. The van der Waals surface area contributed by atoms with Gasteiger partial charge in [-0.25, -0.2) is 0 Å². The van der Waals surface area contributed by atoms with Gasteiger partial charge in [0.1, 0.15) is 5.75 Å². The van der Waals surface area contributed by atoms with Crippen LogP contribution in [0.15, 0.2) is 57.8 Å². The number of nitrogens with zero attached hydrogens (tertiary/aromatic N) is 3. The van der Waals surface area contributed by atoms with E-state index in [1.54, 1.807) is 18.9 Å². The van der Waals surface area contributed by atoms with Crippen LogP contribution in [0.4, 0.5) is 0 Å². The van der Waals surface area contributed by atoms with Crippen LogP contribution in [0, 0.1) is 0 Å². The molecule has 0 unspecified atom stereocenters. The van der Waals surface area contributed by atoms with Crippen LogP contribution in [0.3, 0.4) is 0 Å². The third-order valence-corrected chi connectivity index (χ3v) is 4.56. The highest BCUT2D eigenvalue weighted by atomic mass is 32.2. The molecule has 0 saturated heterocycles. The fourth-order valence-electron chi connectivity index (χ4n) is 2.50. The molecule has 3 rings (SSSR count). The van der Waals surface area contributed by atoms with Gasteiger partial charge in [0.2, 0.25) is 11.8 Å². The number of methoxy groups -OCH3 is 1. The first-order chi connectivity index (χ1) is 12.2. The monoisotopic (exact) mass is 355 g/mol. The fraction of sp³-hybridized carbons (Fsp3) is 0.263. The van der Waals surface area contributed by atoms with Crippen molar-refractivity contribution in [3.05, 3.63) is 60.0 Å². The van der Waals surface area contributed by atoms with E-state index in [9.17, 15) is 0 Å². The molecule has 6 heteroatoms. The zero-order valence-corrected chi connectivity index (χ0v) is 15.4. The third-order valence-electron chi connectivity index (χ3n) is 3.82. The Morgan fingerprint density at radius 2 is 1.72 bits per heavy atom. The summed E-state index contributed by atoms with van der Waals surface area (Å²) in [5, 5.41) is 8.29. The maximum absolute atomic E-state index is 5.78. The zero-order chi connectivity index (χ0) is 17.6. The van der Waals surface area contributed by atoms with Gasteiger partial charge in [-0.2, -0.15) is 0 Å². The maximum atomic E-state index is 5.78. The van der Waals surface area contributed by atoms with Crippen molar-refractivity contribution in [3.8, 4) is 17.2 Å². The van der Waals surface area contributed by atoms with E-state index in [1.165, 1.54) is 10.5 Å². The summed E-state index contributed by atoms with van der Waals surface area (Å²) in [6, 6.07) is 16.2. The quantitative estimate of drug-likeness (QED) is 0.595. The summed E-state index contributed by atoms with van der Waals surface area (Å²) >= 11 is 1.75. The molecule has 25 heavy (non-hydrogen) atoms. The molecular formula is C19H21N3O2S. The van der Waals surface area contributed by atoms with Gasteiger partial charge < -0.3 is 9.15 Å². The summed E-state index contributed by atoms with van der Waals surface area (Å²) in [6.07, 6.45) is 2.08. The lowest BCUT2D eigenvalue weighted by molar-refractivity contribution is 0.283. The van der Waals surface area contributed by atoms with E-state index in [0.717, 1.165) is 17.9 Å². The highest BCUT2D eigenvalue weighted by molar-refractivity contribution is 7.98. The number of thioether (sulfide) groups is 1. The molecule has 0 radical (unpaired) electrons. The first-order valence-electron chi connectivity index (χ1n) is 7.96. The molecular weight excluding hydrogens is 334 g/mol. The molecule has 2 aromatic carbocycles. The van der Waals surface area contributed by atoms with Crippen LogP contribution in [-0.4, -0.2) is 35.5 Å². The average molecular weight is 355 g/mol. The summed E-state index contributed by atoms with van der Waals surface area (Å²) in [5.41, 5.74) is 2.14. The Hall–Kier alpha value is -2.31. The maximum Gasteiger partial charge on any atom is 0.247 e. The van der Waals surface area contributed by atoms with E-state index in [2.05, 4.69) is 45.6 Å². The highest BCUT2D eigenvalue weighted by Crippen LogP contribution is 2.22. The molecule has 0 spiro atoms. The van der Waals surface area contributed by atoms with Gasteiger partial charge in [-0.1, -0.05) is 12.1 Å². The topological polar surface area (TPSA) is 51.4 Å². The lowest BCUT2D eigenvalue weighted by Crippen LogP contribution is -2.17. The molecule has 5 nitrogen and oxygen atoms in total. The van der Waals surface area contributed by atoms with Crippen LogP contribution < -0.4 is 4.74 Å². The minimum atomic E-state index is 0.523. The van der Waals surface area contributed by atoms with Crippen molar-refractivity contribution in [3.63, 3.8) is 0 Å². The Morgan fingerprint density at radius 3 is 2.36 bits per heavy atom. The lowest BCUT2D eigenvalue weighted by Gasteiger charge is -2.14. The van der Waals surface area contributed by atoms with Crippen LogP contribution in [0.2, 0.25) is 0 Å². The first kappa shape index (κ1) is 17.5. The normalized spacial score (nSPS) is 11.0. The minimum absolute atomic E-state index is 0.523. The molecule has 0 fully saturated rings. The molecule has 0 amide bonds. The Labute approximate surface area is 152 Å². The van der Waals surface area contributed by atoms with Gasteiger partial charge in [0.15, 0.2) is 0 Å². The van der Waals surface area contributed by atoms with Gasteiger partial charge in [0, 0.05) is 17.0 Å². The predicted octanol–water partition coefficient (Wildman–Crippen LogP) is 4.10. The highest BCUT2D eigenvalue weighted by Gasteiger charge is 2.11. The lowest BCUT2D eigenvalue weighted by atomic mass is 10.2. The van der Waals surface area contributed by atoms with Crippen molar-refractivity contribution in [2.75, 3.05) is 20.4 Å². The molecule has 0 aliphatic heterocycles. The van der Waals surface area contributed by atoms with E-state index >= 15 is 0 Å². The minimum Gasteiger partial charge on any atom is -0.497 e. The predicted molar refractivity (Wildman–Crippen MR) is 99.7 cm³/mol. The number of benzene rings is 2. The molecule has 1 aromatic heterocycles. The van der Waals surface area contributed by atoms with Gasteiger partial charge in [-0.15, -0.1) is 22.0 Å². The Bertz CT molecular complexity index is 800. The SMILES string of the molecule is COc1ccc(-c2nnc(CN(C)Cc3ccc(SC)cc3)o2)cc1. The second kappa shape index (κ2) is 8.18. The summed E-state index contributed by atoms with van der Waals surface area (Å²) in [7, 11) is 3.68. The third kappa shape index (κ3) is 4.61. The van der Waals surface area contributed by atoms with Crippen molar-refractivity contribution in [1.82, 2.24) is 15.1 Å². The largest absolute Gasteiger partial charge is 0.497 e. The van der Waals surface area contributed by atoms with Crippen LogP contribution in [0.5, 0.6) is 5.75 Å². The molecule has 0 atom stereocenters. The van der Waals surface area contributed by atoms with Crippen LogP contribution in [0.25, 0.3) is 11.5 Å². The molecule has 0 saturated carbocycles. The van der Waals surface area contributed by atoms with Crippen LogP contribution >= 0.6 is 11.8 Å². The van der Waals surface area contributed by atoms with Gasteiger partial charge in [0.05, 0.1) is 13.7 Å². The van der Waals surface area contributed by atoms with Crippen molar-refractivity contribution >= 4 is 11.8 Å². The fourth-order valence-corrected chi connectivity index (χ4v) is 2.91. The number of ether oxygens (including phenoxy) is 1. The second-order valence-electron chi connectivity index (χ2n) is 5.75. The summed E-state index contributed by atoms with van der Waals surface area (Å²) in [4.78, 5) is 3.42. The second-order valence-corrected chi connectivity index (χ2v) is 6.63. The van der Waals surface area contributed by atoms with E-state index in [1.807, 2.05) is 31.3 Å². The van der Waals surface area contributed by atoms with Gasteiger partial charge in [0.25, 0.3) is 0 Å². The zero-order valence-electron chi connectivity index (χ0n) is 14.6. The van der Waals surface area contributed by atoms with E-state index in [4.69, 9.17) is 9.15 Å². The van der Waals surface area contributed by atoms with Crippen molar-refractivity contribution < 1.29 is 9.15 Å².